The number of carbonyl (C=O) groups excluding carboxylic acids is 1. The molecule has 0 bridgehead atoms. The molecule has 35 heavy (non-hydrogen) atoms. The Labute approximate surface area is 202 Å². The van der Waals surface area contributed by atoms with Crippen molar-refractivity contribution in [2.24, 2.45) is 5.10 Å². The Balaban J connectivity index is 1.45. The minimum atomic E-state index is -0.611. The molecule has 0 spiro atoms. The zero-order chi connectivity index (χ0) is 24.9. The van der Waals surface area contributed by atoms with Gasteiger partial charge >= 0.3 is 0 Å². The number of carbonyl (C=O) groups is 1. The smallest absolute Gasteiger partial charge is 0.292 e. The number of nitrogen functional groups attached to an aromatic ring is 1. The Morgan fingerprint density at radius 1 is 1.31 bits per heavy atom. The van der Waals surface area contributed by atoms with Crippen LogP contribution in [0.5, 0.6) is 11.5 Å². The molecular formula is C21H18ClFN8O4. The Hall–Kier alpha value is -4.52. The number of ether oxygens (including phenoxy) is 2. The monoisotopic (exact) mass is 500 g/mol. The predicted molar refractivity (Wildman–Crippen MR) is 122 cm³/mol. The van der Waals surface area contributed by atoms with Gasteiger partial charge in [-0.1, -0.05) is 22.9 Å². The van der Waals surface area contributed by atoms with Crippen LogP contribution in [0.2, 0.25) is 5.02 Å². The molecular weight excluding hydrogens is 483 g/mol. The molecule has 0 fully saturated rings. The van der Waals surface area contributed by atoms with E-state index in [1.165, 1.54) is 25.5 Å². The number of nitrogens with zero attached hydrogens (tertiary/aromatic N) is 6. The lowest BCUT2D eigenvalue weighted by atomic mass is 10.2. The summed E-state index contributed by atoms with van der Waals surface area (Å²) in [6.45, 7) is 1.50. The second-order valence-corrected chi connectivity index (χ2v) is 7.41. The van der Waals surface area contributed by atoms with Crippen LogP contribution in [-0.4, -0.2) is 44.5 Å². The molecule has 0 unspecified atom stereocenters. The van der Waals surface area contributed by atoms with E-state index in [0.717, 1.165) is 4.68 Å². The van der Waals surface area contributed by atoms with E-state index in [1.807, 2.05) is 0 Å². The molecule has 0 aliphatic heterocycles. The fraction of sp³-hybridized carbons (Fsp3) is 0.143. The first-order valence-corrected chi connectivity index (χ1v) is 10.3. The van der Waals surface area contributed by atoms with E-state index < -0.39 is 11.7 Å². The Morgan fingerprint density at radius 3 is 2.86 bits per heavy atom. The number of methoxy groups -OCH3 is 1. The maximum absolute atomic E-state index is 14.0. The summed E-state index contributed by atoms with van der Waals surface area (Å²) in [7, 11) is 1.46. The van der Waals surface area contributed by atoms with E-state index in [-0.39, 0.29) is 34.5 Å². The summed E-state index contributed by atoms with van der Waals surface area (Å²) >= 11 is 6.04. The molecule has 12 nitrogen and oxygen atoms in total. The Morgan fingerprint density at radius 2 is 2.14 bits per heavy atom. The third kappa shape index (κ3) is 5.04. The average molecular weight is 501 g/mol. The molecule has 2 heterocycles. The first kappa shape index (κ1) is 23.6. The predicted octanol–water partition coefficient (Wildman–Crippen LogP) is 2.68. The van der Waals surface area contributed by atoms with Crippen LogP contribution in [0.3, 0.4) is 0 Å². The highest BCUT2D eigenvalue weighted by atomic mass is 35.5. The van der Waals surface area contributed by atoms with Crippen LogP contribution in [-0.2, 0) is 6.61 Å². The highest BCUT2D eigenvalue weighted by Crippen LogP contribution is 2.29. The van der Waals surface area contributed by atoms with Gasteiger partial charge in [-0.05, 0) is 53.1 Å². The molecule has 14 heteroatoms. The van der Waals surface area contributed by atoms with Gasteiger partial charge in [0.15, 0.2) is 17.2 Å². The molecule has 0 atom stereocenters. The van der Waals surface area contributed by atoms with E-state index in [0.29, 0.717) is 22.8 Å². The molecule has 1 amide bonds. The fourth-order valence-corrected chi connectivity index (χ4v) is 3.24. The van der Waals surface area contributed by atoms with Gasteiger partial charge in [0.05, 0.1) is 24.0 Å². The van der Waals surface area contributed by atoms with E-state index in [4.69, 9.17) is 26.8 Å². The molecule has 2 aromatic carbocycles. The van der Waals surface area contributed by atoms with E-state index in [2.05, 4.69) is 35.8 Å². The number of aromatic nitrogens is 5. The number of hydrogen-bond acceptors (Lipinski definition) is 10. The van der Waals surface area contributed by atoms with Crippen LogP contribution in [0.25, 0.3) is 5.82 Å². The lowest BCUT2D eigenvalue weighted by Gasteiger charge is -2.12. The minimum absolute atomic E-state index is 0.0247. The van der Waals surface area contributed by atoms with Crippen LogP contribution in [0.4, 0.5) is 10.2 Å². The molecule has 180 valence electrons. The van der Waals surface area contributed by atoms with Gasteiger partial charge in [-0.2, -0.15) is 9.78 Å². The van der Waals surface area contributed by atoms with Gasteiger partial charge in [0.1, 0.15) is 12.4 Å². The first-order valence-electron chi connectivity index (χ1n) is 9.97. The molecule has 4 aromatic rings. The van der Waals surface area contributed by atoms with Gasteiger partial charge in [-0.3, -0.25) is 4.79 Å². The van der Waals surface area contributed by atoms with Crippen LogP contribution in [0.15, 0.2) is 46.1 Å². The van der Waals surface area contributed by atoms with Crippen LogP contribution in [0, 0.1) is 12.7 Å². The largest absolute Gasteiger partial charge is 0.493 e. The highest BCUT2D eigenvalue weighted by molar-refractivity contribution is 6.31. The topological polar surface area (TPSA) is 156 Å². The Bertz CT molecular complexity index is 1380. The Kier molecular flexibility index (Phi) is 6.87. The second kappa shape index (κ2) is 10.2. The van der Waals surface area contributed by atoms with Crippen LogP contribution >= 0.6 is 11.6 Å². The number of hydrazone groups is 1. The van der Waals surface area contributed by atoms with Crippen molar-refractivity contribution in [3.05, 3.63) is 69.8 Å². The third-order valence-electron chi connectivity index (χ3n) is 4.75. The molecule has 2 aromatic heterocycles. The van der Waals surface area contributed by atoms with Gasteiger partial charge < -0.3 is 15.2 Å². The molecule has 4 rings (SSSR count). The summed E-state index contributed by atoms with van der Waals surface area (Å²) in [5.41, 5.74) is 9.25. The quantitative estimate of drug-likeness (QED) is 0.274. The van der Waals surface area contributed by atoms with Crippen LogP contribution < -0.4 is 20.6 Å². The van der Waals surface area contributed by atoms with Crippen molar-refractivity contribution in [1.82, 2.24) is 30.7 Å². The summed E-state index contributed by atoms with van der Waals surface area (Å²) in [6, 6.07) is 9.33. The van der Waals surface area contributed by atoms with Crippen molar-refractivity contribution in [3.8, 4) is 17.3 Å². The summed E-state index contributed by atoms with van der Waals surface area (Å²) in [5, 5.41) is 19.0. The number of rotatable bonds is 8. The zero-order valence-corrected chi connectivity index (χ0v) is 19.2. The number of amides is 1. The highest BCUT2D eigenvalue weighted by Gasteiger charge is 2.22. The lowest BCUT2D eigenvalue weighted by Crippen LogP contribution is -2.22. The molecule has 0 aliphatic rings. The van der Waals surface area contributed by atoms with Crippen molar-refractivity contribution in [2.45, 2.75) is 13.5 Å². The summed E-state index contributed by atoms with van der Waals surface area (Å²) in [4.78, 5) is 12.7. The molecule has 3 N–H and O–H groups in total. The molecule has 0 saturated heterocycles. The fourth-order valence-electron chi connectivity index (χ4n) is 3.03. The zero-order valence-electron chi connectivity index (χ0n) is 18.4. The van der Waals surface area contributed by atoms with Crippen molar-refractivity contribution in [1.29, 1.82) is 0 Å². The van der Waals surface area contributed by atoms with Crippen LogP contribution in [0.1, 0.15) is 27.3 Å². The van der Waals surface area contributed by atoms with Gasteiger partial charge in [-0.25, -0.2) is 14.4 Å². The summed E-state index contributed by atoms with van der Waals surface area (Å²) in [5.74, 6) is -0.363. The number of nitrogens with two attached hydrogens (primary N) is 1. The minimum Gasteiger partial charge on any atom is -0.493 e. The number of anilines is 1. The molecule has 0 saturated carbocycles. The lowest BCUT2D eigenvalue weighted by molar-refractivity contribution is 0.0946. The maximum Gasteiger partial charge on any atom is 0.292 e. The second-order valence-electron chi connectivity index (χ2n) is 7.01. The van der Waals surface area contributed by atoms with E-state index in [1.54, 1.807) is 31.2 Å². The average Bonchev–Trinajstić information content (AvgIpc) is 3.43. The van der Waals surface area contributed by atoms with Crippen molar-refractivity contribution < 1.29 is 23.3 Å². The molecule has 0 aliphatic carbocycles. The number of benzene rings is 2. The van der Waals surface area contributed by atoms with Gasteiger partial charge in [-0.15, -0.1) is 5.10 Å². The third-order valence-corrected chi connectivity index (χ3v) is 5.11. The number of hydrogen-bond donors (Lipinski definition) is 2. The normalized spacial score (nSPS) is 11.1. The summed E-state index contributed by atoms with van der Waals surface area (Å²) in [6.07, 6.45) is 1.40. The summed E-state index contributed by atoms with van der Waals surface area (Å²) < 4.78 is 30.7. The van der Waals surface area contributed by atoms with Gasteiger partial charge in [0.25, 0.3) is 5.91 Å². The van der Waals surface area contributed by atoms with E-state index >= 15 is 0 Å². The number of nitrogens with one attached hydrogen (secondary N) is 1. The number of halogens is 2. The van der Waals surface area contributed by atoms with Crippen molar-refractivity contribution in [3.63, 3.8) is 0 Å². The number of aryl methyl sites for hydroxylation is 1. The first-order chi connectivity index (χ1) is 16.9. The van der Waals surface area contributed by atoms with Gasteiger partial charge in [0.2, 0.25) is 11.6 Å². The van der Waals surface area contributed by atoms with Crippen molar-refractivity contribution in [2.75, 3.05) is 12.8 Å². The standard InChI is InChI=1S/C21H18ClFN8O4/c1-11-18(31(30-26-11)20-19(24)28-35-29-20)21(32)27-25-9-12-6-7-16(17(8-12)33-2)34-10-13-14(22)4-3-5-15(13)23/h3-9H,10H2,1-2H3,(H2,24,28)(H,27,32). The van der Waals surface area contributed by atoms with E-state index in [9.17, 15) is 9.18 Å². The SMILES string of the molecule is COc1cc(C=NNC(=O)c2c(C)nnn2-c2nonc2N)ccc1OCc1c(F)cccc1Cl. The maximum atomic E-state index is 14.0. The van der Waals surface area contributed by atoms with Gasteiger partial charge in [0, 0.05) is 5.56 Å². The van der Waals surface area contributed by atoms with Crippen molar-refractivity contribution >= 4 is 29.5 Å². The molecule has 0 radical (unpaired) electrons.